The molecule has 3 aromatic carbocycles. The van der Waals surface area contributed by atoms with Crippen LogP contribution in [0.15, 0.2) is 79.4 Å². The average molecular weight is 409 g/mol. The summed E-state index contributed by atoms with van der Waals surface area (Å²) in [4.78, 5) is 3.91. The third kappa shape index (κ3) is 4.81. The van der Waals surface area contributed by atoms with Crippen LogP contribution in [0.2, 0.25) is 0 Å². The summed E-state index contributed by atoms with van der Waals surface area (Å²) in [5, 5.41) is 10.5. The molecule has 0 atom stereocenters. The lowest BCUT2D eigenvalue weighted by Crippen LogP contribution is -2.13. The minimum Gasteiger partial charge on any atom is -0.381 e. The zero-order chi connectivity index (χ0) is 20.8. The first kappa shape index (κ1) is 19.6. The molecule has 0 amide bonds. The molecule has 0 radical (unpaired) electrons. The van der Waals surface area contributed by atoms with E-state index in [1.165, 1.54) is 24.5 Å². The zero-order valence-corrected chi connectivity index (χ0v) is 16.2. The van der Waals surface area contributed by atoms with Crippen molar-refractivity contribution in [3.05, 3.63) is 96.6 Å². The van der Waals surface area contributed by atoms with Gasteiger partial charge in [0.15, 0.2) is 0 Å². The van der Waals surface area contributed by atoms with Gasteiger partial charge >= 0.3 is 0 Å². The third-order valence-corrected chi connectivity index (χ3v) is 4.69. The third-order valence-electron chi connectivity index (χ3n) is 4.69. The molecule has 5 nitrogen and oxygen atoms in total. The van der Waals surface area contributed by atoms with E-state index in [2.05, 4.69) is 20.7 Å². The van der Waals surface area contributed by atoms with Gasteiger partial charge in [-0.15, -0.1) is 0 Å². The Morgan fingerprint density at radius 3 is 2.47 bits per heavy atom. The Kier molecular flexibility index (Phi) is 5.98. The van der Waals surface area contributed by atoms with Crippen molar-refractivity contribution in [2.24, 2.45) is 0 Å². The van der Waals surface area contributed by atoms with Crippen LogP contribution in [-0.2, 0) is 13.1 Å². The molecule has 0 saturated carbocycles. The molecule has 0 fully saturated rings. The molecule has 4 rings (SSSR count). The van der Waals surface area contributed by atoms with Crippen molar-refractivity contribution in [1.29, 1.82) is 0 Å². The van der Waals surface area contributed by atoms with E-state index in [1.54, 1.807) is 23.1 Å². The van der Waals surface area contributed by atoms with Crippen molar-refractivity contribution >= 4 is 11.4 Å². The highest BCUT2D eigenvalue weighted by molar-refractivity contribution is 5.81. The lowest BCUT2D eigenvalue weighted by atomic mass is 10.0. The summed E-state index contributed by atoms with van der Waals surface area (Å²) in [6.07, 6.45) is 3.09. The van der Waals surface area contributed by atoms with Gasteiger partial charge in [-0.05, 0) is 35.4 Å². The average Bonchev–Trinajstić information content (AvgIpc) is 3.28. The molecule has 1 heterocycles. The summed E-state index contributed by atoms with van der Waals surface area (Å²) >= 11 is 0. The first-order valence-electron chi connectivity index (χ1n) is 9.62. The second-order valence-corrected chi connectivity index (χ2v) is 6.81. The van der Waals surface area contributed by atoms with Crippen molar-refractivity contribution in [2.45, 2.75) is 13.1 Å². The smallest absolute Gasteiger partial charge is 0.148 e. The predicted octanol–water partition coefficient (Wildman–Crippen LogP) is 5.44. The van der Waals surface area contributed by atoms with Crippen LogP contribution in [0.3, 0.4) is 0 Å². The molecule has 7 heteroatoms. The van der Waals surface area contributed by atoms with E-state index in [4.69, 9.17) is 0 Å². The van der Waals surface area contributed by atoms with E-state index < -0.39 is 0 Å². The first-order chi connectivity index (χ1) is 14.7. The standard InChI is InChI=1S/C23H21F2N5.2H2/c24-19-8-6-17(7-9-19)14-28-20-12-21(18-4-2-1-3-5-18)23(22(25)13-20)27-10-11-30-16-26-15-29-30;;/h1-9,12-13,15-16,27-28H,10-11,14H2;2*1H. The molecule has 1 aromatic heterocycles. The molecule has 30 heavy (non-hydrogen) atoms. The van der Waals surface area contributed by atoms with Gasteiger partial charge in [0.2, 0.25) is 0 Å². The highest BCUT2D eigenvalue weighted by atomic mass is 19.1. The van der Waals surface area contributed by atoms with Crippen molar-refractivity contribution in [3.8, 4) is 11.1 Å². The second-order valence-electron chi connectivity index (χ2n) is 6.81. The van der Waals surface area contributed by atoms with E-state index in [-0.39, 0.29) is 14.5 Å². The van der Waals surface area contributed by atoms with Crippen LogP contribution in [0.5, 0.6) is 0 Å². The predicted molar refractivity (Wildman–Crippen MR) is 118 cm³/mol. The number of nitrogens with one attached hydrogen (secondary N) is 2. The number of hydrogen-bond acceptors (Lipinski definition) is 4. The van der Waals surface area contributed by atoms with Crippen molar-refractivity contribution in [2.75, 3.05) is 17.2 Å². The molecular weight excluding hydrogens is 384 g/mol. The maximum absolute atomic E-state index is 15.1. The number of aromatic nitrogens is 3. The molecular formula is C23H25F2N5. The molecule has 2 N–H and O–H groups in total. The Hall–Kier alpha value is -3.74. The monoisotopic (exact) mass is 409 g/mol. The van der Waals surface area contributed by atoms with Gasteiger partial charge in [0, 0.05) is 27.2 Å². The first-order valence-corrected chi connectivity index (χ1v) is 9.62. The fraction of sp³-hybridized carbons (Fsp3) is 0.130. The lowest BCUT2D eigenvalue weighted by molar-refractivity contribution is 0.617. The van der Waals surface area contributed by atoms with Crippen molar-refractivity contribution in [1.82, 2.24) is 14.8 Å². The van der Waals surface area contributed by atoms with E-state index in [0.717, 1.165) is 16.7 Å². The molecule has 0 aliphatic carbocycles. The van der Waals surface area contributed by atoms with Crippen LogP contribution in [0, 0.1) is 11.6 Å². The number of nitrogens with zero attached hydrogens (tertiary/aromatic N) is 3. The van der Waals surface area contributed by atoms with Crippen LogP contribution < -0.4 is 10.6 Å². The van der Waals surface area contributed by atoms with E-state index >= 15 is 4.39 Å². The van der Waals surface area contributed by atoms with Gasteiger partial charge in [-0.1, -0.05) is 42.5 Å². The highest BCUT2D eigenvalue weighted by Gasteiger charge is 2.13. The van der Waals surface area contributed by atoms with Crippen molar-refractivity contribution in [3.63, 3.8) is 0 Å². The maximum Gasteiger partial charge on any atom is 0.148 e. The second kappa shape index (κ2) is 9.17. The fourth-order valence-corrected chi connectivity index (χ4v) is 3.18. The summed E-state index contributed by atoms with van der Waals surface area (Å²) in [6.45, 7) is 1.54. The summed E-state index contributed by atoms with van der Waals surface area (Å²) in [5.74, 6) is -0.631. The number of halogens is 2. The Labute approximate surface area is 176 Å². The molecule has 156 valence electrons. The van der Waals surface area contributed by atoms with E-state index in [9.17, 15) is 4.39 Å². The summed E-state index contributed by atoms with van der Waals surface area (Å²) in [5.41, 5.74) is 3.67. The molecule has 0 aliphatic rings. The van der Waals surface area contributed by atoms with E-state index in [0.29, 0.717) is 31.0 Å². The Morgan fingerprint density at radius 1 is 0.933 bits per heavy atom. The highest BCUT2D eigenvalue weighted by Crippen LogP contribution is 2.33. The molecule has 0 spiro atoms. The minimum absolute atomic E-state index is 0. The van der Waals surface area contributed by atoms with Gasteiger partial charge in [0.05, 0.1) is 12.2 Å². The fourth-order valence-electron chi connectivity index (χ4n) is 3.18. The van der Waals surface area contributed by atoms with Crippen LogP contribution in [0.4, 0.5) is 20.2 Å². The summed E-state index contributed by atoms with van der Waals surface area (Å²) in [6, 6.07) is 19.3. The van der Waals surface area contributed by atoms with Gasteiger partial charge in [0.25, 0.3) is 0 Å². The van der Waals surface area contributed by atoms with E-state index in [1.807, 2.05) is 36.4 Å². The Bertz CT molecular complexity index is 1090. The number of anilines is 2. The Balaban J connectivity index is 0.00000181. The largest absolute Gasteiger partial charge is 0.381 e. The number of hydrogen-bond donors (Lipinski definition) is 2. The van der Waals surface area contributed by atoms with Gasteiger partial charge in [0.1, 0.15) is 24.3 Å². The molecule has 4 aromatic rings. The topological polar surface area (TPSA) is 54.8 Å². The van der Waals surface area contributed by atoms with Gasteiger partial charge in [-0.25, -0.2) is 13.8 Å². The molecule has 0 bridgehead atoms. The van der Waals surface area contributed by atoms with Crippen LogP contribution in [0.25, 0.3) is 11.1 Å². The minimum atomic E-state index is -0.350. The lowest BCUT2D eigenvalue weighted by Gasteiger charge is -2.16. The number of rotatable bonds is 8. The van der Waals surface area contributed by atoms with Crippen molar-refractivity contribution < 1.29 is 11.6 Å². The van der Waals surface area contributed by atoms with Gasteiger partial charge in [-0.2, -0.15) is 5.10 Å². The Morgan fingerprint density at radius 2 is 1.73 bits per heavy atom. The number of benzene rings is 3. The maximum atomic E-state index is 15.1. The summed E-state index contributed by atoms with van der Waals surface area (Å²) < 4.78 is 29.8. The zero-order valence-electron chi connectivity index (χ0n) is 16.2. The summed E-state index contributed by atoms with van der Waals surface area (Å²) in [7, 11) is 0. The van der Waals surface area contributed by atoms with Crippen LogP contribution >= 0.6 is 0 Å². The van der Waals surface area contributed by atoms with Gasteiger partial charge < -0.3 is 10.6 Å². The molecule has 0 unspecified atom stereocenters. The normalized spacial score (nSPS) is 10.7. The van der Waals surface area contributed by atoms with Crippen LogP contribution in [0.1, 0.15) is 8.42 Å². The van der Waals surface area contributed by atoms with Gasteiger partial charge in [-0.3, -0.25) is 4.68 Å². The quantitative estimate of drug-likeness (QED) is 0.407. The SMILES string of the molecule is Fc1ccc(CNc2cc(F)c(NCCn3cncn3)c(-c3ccccc3)c2)cc1.[HH].[HH]. The molecule has 0 aliphatic heterocycles. The molecule has 0 saturated heterocycles. The van der Waals surface area contributed by atoms with Crippen LogP contribution in [-0.4, -0.2) is 21.3 Å².